The van der Waals surface area contributed by atoms with Crippen LogP contribution in [-0.2, 0) is 4.79 Å². The standard InChI is InChI=1S/C18H26N2OS.C2HF3O2/c21-17(16-2-1-13-22-16)20-11-7-18(8-12-20)5-9-19(10-6-18)14-15-3-4-15;3-2(4,5)1(6)7/h1-2,13,15H,3-12,14H2;(H,6,7). The van der Waals surface area contributed by atoms with Gasteiger partial charge in [-0.2, -0.15) is 13.2 Å². The van der Waals surface area contributed by atoms with Crippen molar-refractivity contribution in [2.75, 3.05) is 32.7 Å². The smallest absolute Gasteiger partial charge is 0.475 e. The van der Waals surface area contributed by atoms with Crippen molar-refractivity contribution in [3.8, 4) is 0 Å². The number of alkyl halides is 3. The summed E-state index contributed by atoms with van der Waals surface area (Å²) in [6, 6.07) is 3.92. The Morgan fingerprint density at radius 3 is 2.10 bits per heavy atom. The molecular formula is C20H27F3N2O3S. The third-order valence-electron chi connectivity index (χ3n) is 6.22. The Morgan fingerprint density at radius 1 is 1.10 bits per heavy atom. The molecule has 29 heavy (non-hydrogen) atoms. The maximum absolute atomic E-state index is 12.4. The van der Waals surface area contributed by atoms with Gasteiger partial charge in [0.1, 0.15) is 0 Å². The number of rotatable bonds is 3. The Bertz CT molecular complexity index is 686. The van der Waals surface area contributed by atoms with E-state index in [4.69, 9.17) is 9.90 Å². The number of carbonyl (C=O) groups excluding carboxylic acids is 1. The molecule has 3 fully saturated rings. The van der Waals surface area contributed by atoms with Crippen LogP contribution in [0.2, 0.25) is 0 Å². The monoisotopic (exact) mass is 432 g/mol. The van der Waals surface area contributed by atoms with Crippen molar-refractivity contribution in [1.29, 1.82) is 0 Å². The number of piperidine rings is 2. The van der Waals surface area contributed by atoms with E-state index in [0.717, 1.165) is 23.9 Å². The number of thiophene rings is 1. The van der Waals surface area contributed by atoms with Crippen molar-refractivity contribution < 1.29 is 27.9 Å². The summed E-state index contributed by atoms with van der Waals surface area (Å²) in [6.07, 6.45) is 2.95. The zero-order valence-electron chi connectivity index (χ0n) is 16.3. The van der Waals surface area contributed by atoms with Gasteiger partial charge in [-0.3, -0.25) is 4.79 Å². The van der Waals surface area contributed by atoms with Crippen LogP contribution >= 0.6 is 11.3 Å². The quantitative estimate of drug-likeness (QED) is 0.781. The van der Waals surface area contributed by atoms with Crippen LogP contribution in [0.1, 0.15) is 48.2 Å². The fourth-order valence-corrected chi connectivity index (χ4v) is 4.81. The molecule has 1 saturated carbocycles. The normalized spacial score (nSPS) is 22.1. The molecule has 2 saturated heterocycles. The van der Waals surface area contributed by atoms with E-state index in [-0.39, 0.29) is 5.91 Å². The fraction of sp³-hybridized carbons (Fsp3) is 0.700. The summed E-state index contributed by atoms with van der Waals surface area (Å²) in [5, 5.41) is 9.12. The second kappa shape index (κ2) is 9.04. The Morgan fingerprint density at radius 2 is 1.66 bits per heavy atom. The van der Waals surface area contributed by atoms with Crippen molar-refractivity contribution in [1.82, 2.24) is 9.80 Å². The predicted octanol–water partition coefficient (Wildman–Crippen LogP) is 4.11. The summed E-state index contributed by atoms with van der Waals surface area (Å²) in [5.74, 6) is -1.50. The molecule has 3 aliphatic rings. The summed E-state index contributed by atoms with van der Waals surface area (Å²) in [5.41, 5.74) is 0.534. The SMILES string of the molecule is O=C(O)C(F)(F)F.O=C(c1cccs1)N1CCC2(CCN(CC3CC3)CC2)CC1. The molecule has 3 heterocycles. The van der Waals surface area contributed by atoms with Crippen LogP contribution in [-0.4, -0.2) is 65.7 Å². The molecule has 9 heteroatoms. The largest absolute Gasteiger partial charge is 0.490 e. The number of hydrogen-bond acceptors (Lipinski definition) is 4. The van der Waals surface area contributed by atoms with Gasteiger partial charge in [-0.05, 0) is 74.4 Å². The molecule has 1 N–H and O–H groups in total. The van der Waals surface area contributed by atoms with Gasteiger partial charge < -0.3 is 14.9 Å². The van der Waals surface area contributed by atoms with Crippen LogP contribution in [0.5, 0.6) is 0 Å². The first-order chi connectivity index (χ1) is 13.7. The lowest BCUT2D eigenvalue weighted by Gasteiger charge is -2.47. The third kappa shape index (κ3) is 6.18. The maximum Gasteiger partial charge on any atom is 0.490 e. The Balaban J connectivity index is 0.000000298. The average molecular weight is 433 g/mol. The number of amides is 1. The predicted molar refractivity (Wildman–Crippen MR) is 104 cm³/mol. The molecule has 0 unspecified atom stereocenters. The van der Waals surface area contributed by atoms with Crippen molar-refractivity contribution in [2.45, 2.75) is 44.7 Å². The molecule has 0 radical (unpaired) electrons. The number of likely N-dealkylation sites (tertiary alicyclic amines) is 2. The van der Waals surface area contributed by atoms with Gasteiger partial charge in [0.2, 0.25) is 0 Å². The number of halogens is 3. The minimum absolute atomic E-state index is 0.246. The first-order valence-electron chi connectivity index (χ1n) is 10.0. The topological polar surface area (TPSA) is 60.9 Å². The van der Waals surface area contributed by atoms with Gasteiger partial charge in [0.05, 0.1) is 4.88 Å². The van der Waals surface area contributed by atoms with Gasteiger partial charge in [0, 0.05) is 19.6 Å². The highest BCUT2D eigenvalue weighted by Gasteiger charge is 2.40. The molecule has 0 bridgehead atoms. The third-order valence-corrected chi connectivity index (χ3v) is 7.07. The first-order valence-corrected chi connectivity index (χ1v) is 10.9. The number of carboxylic acid groups (broad SMARTS) is 1. The average Bonchev–Trinajstić information content (AvgIpc) is 3.32. The number of carboxylic acids is 1. The van der Waals surface area contributed by atoms with E-state index in [1.165, 1.54) is 58.2 Å². The van der Waals surface area contributed by atoms with E-state index in [0.29, 0.717) is 5.41 Å². The first kappa shape index (κ1) is 22.1. The van der Waals surface area contributed by atoms with Gasteiger partial charge in [-0.25, -0.2) is 4.79 Å². The van der Waals surface area contributed by atoms with E-state index in [1.54, 1.807) is 11.3 Å². The van der Waals surface area contributed by atoms with Crippen molar-refractivity contribution in [3.05, 3.63) is 22.4 Å². The number of aliphatic carboxylic acids is 1. The lowest BCUT2D eigenvalue weighted by Crippen LogP contribution is -2.48. The molecule has 1 aromatic rings. The van der Waals surface area contributed by atoms with Crippen LogP contribution in [0.4, 0.5) is 13.2 Å². The molecule has 1 aliphatic carbocycles. The lowest BCUT2D eigenvalue weighted by atomic mass is 9.71. The summed E-state index contributed by atoms with van der Waals surface area (Å²) < 4.78 is 31.7. The lowest BCUT2D eigenvalue weighted by molar-refractivity contribution is -0.192. The van der Waals surface area contributed by atoms with Crippen molar-refractivity contribution in [2.24, 2.45) is 11.3 Å². The van der Waals surface area contributed by atoms with E-state index in [9.17, 15) is 18.0 Å². The van der Waals surface area contributed by atoms with E-state index in [2.05, 4.69) is 9.80 Å². The van der Waals surface area contributed by atoms with Crippen LogP contribution in [0.15, 0.2) is 17.5 Å². The molecule has 2 aliphatic heterocycles. The van der Waals surface area contributed by atoms with Crippen molar-refractivity contribution in [3.63, 3.8) is 0 Å². The molecule has 0 atom stereocenters. The van der Waals surface area contributed by atoms with Gasteiger partial charge in [-0.15, -0.1) is 11.3 Å². The van der Waals surface area contributed by atoms with Crippen LogP contribution in [0, 0.1) is 11.3 Å². The van der Waals surface area contributed by atoms with Gasteiger partial charge >= 0.3 is 12.1 Å². The molecule has 4 rings (SSSR count). The zero-order chi connectivity index (χ0) is 21.1. The van der Waals surface area contributed by atoms with E-state index in [1.807, 2.05) is 17.5 Å². The van der Waals surface area contributed by atoms with E-state index < -0.39 is 12.1 Å². The Labute approximate surface area is 172 Å². The highest BCUT2D eigenvalue weighted by molar-refractivity contribution is 7.12. The highest BCUT2D eigenvalue weighted by Crippen LogP contribution is 2.42. The molecule has 0 aromatic carbocycles. The van der Waals surface area contributed by atoms with Crippen LogP contribution in [0.25, 0.3) is 0 Å². The zero-order valence-corrected chi connectivity index (χ0v) is 17.1. The van der Waals surface area contributed by atoms with Gasteiger partial charge in [0.15, 0.2) is 0 Å². The molecule has 1 amide bonds. The van der Waals surface area contributed by atoms with Crippen LogP contribution < -0.4 is 0 Å². The van der Waals surface area contributed by atoms with Crippen LogP contribution in [0.3, 0.4) is 0 Å². The maximum atomic E-state index is 12.4. The second-order valence-electron chi connectivity index (χ2n) is 8.32. The Hall–Kier alpha value is -1.61. The Kier molecular flexibility index (Phi) is 6.88. The minimum Gasteiger partial charge on any atom is -0.475 e. The minimum atomic E-state index is -5.08. The van der Waals surface area contributed by atoms with Gasteiger partial charge in [-0.1, -0.05) is 6.07 Å². The van der Waals surface area contributed by atoms with Crippen molar-refractivity contribution >= 4 is 23.2 Å². The summed E-state index contributed by atoms with van der Waals surface area (Å²) in [7, 11) is 0. The molecule has 1 spiro atoms. The molecule has 5 nitrogen and oxygen atoms in total. The summed E-state index contributed by atoms with van der Waals surface area (Å²) in [4.78, 5) is 27.0. The molecule has 162 valence electrons. The highest BCUT2D eigenvalue weighted by atomic mass is 32.1. The fourth-order valence-electron chi connectivity index (χ4n) is 4.12. The number of hydrogen-bond donors (Lipinski definition) is 1. The molecular weight excluding hydrogens is 405 g/mol. The number of carbonyl (C=O) groups is 2. The molecule has 1 aromatic heterocycles. The van der Waals surface area contributed by atoms with Gasteiger partial charge in [0.25, 0.3) is 5.91 Å². The number of nitrogens with zero attached hydrogens (tertiary/aromatic N) is 2. The summed E-state index contributed by atoms with van der Waals surface area (Å²) in [6.45, 7) is 5.84. The second-order valence-corrected chi connectivity index (χ2v) is 9.26. The van der Waals surface area contributed by atoms with E-state index >= 15 is 0 Å². The summed E-state index contributed by atoms with van der Waals surface area (Å²) >= 11 is 1.57.